The van der Waals surface area contributed by atoms with Gasteiger partial charge < -0.3 is 20.6 Å². The standard InChI is InChI=1S/C21H26BrN3O2/c1-15-2-7-20(19(22)12-15)24-21(27)23-13-16-3-5-18(6-4-16)25-10-8-17(14-26)9-11-25/h2-7,12,17,26H,8-11,13-14H2,1H3,(H2,23,24,27). The first kappa shape index (κ1) is 19.7. The van der Waals surface area contributed by atoms with Gasteiger partial charge >= 0.3 is 6.03 Å². The van der Waals surface area contributed by atoms with E-state index >= 15 is 0 Å². The molecule has 3 N–H and O–H groups in total. The van der Waals surface area contributed by atoms with Gasteiger partial charge in [-0.25, -0.2) is 4.79 Å². The summed E-state index contributed by atoms with van der Waals surface area (Å²) in [5.41, 5.74) is 4.14. The predicted octanol–water partition coefficient (Wildman–Crippen LogP) is 4.29. The van der Waals surface area contributed by atoms with Crippen LogP contribution in [0.15, 0.2) is 46.9 Å². The van der Waals surface area contributed by atoms with Gasteiger partial charge in [0, 0.05) is 36.4 Å². The summed E-state index contributed by atoms with van der Waals surface area (Å²) in [7, 11) is 0. The highest BCUT2D eigenvalue weighted by Crippen LogP contribution is 2.24. The number of carbonyl (C=O) groups excluding carboxylic acids is 1. The quantitative estimate of drug-likeness (QED) is 0.661. The van der Waals surface area contributed by atoms with Crippen LogP contribution in [0.2, 0.25) is 0 Å². The number of nitrogens with one attached hydrogen (secondary N) is 2. The summed E-state index contributed by atoms with van der Waals surface area (Å²) < 4.78 is 0.868. The Morgan fingerprint density at radius 3 is 2.52 bits per heavy atom. The number of hydrogen-bond donors (Lipinski definition) is 3. The third-order valence-electron chi connectivity index (χ3n) is 5.00. The van der Waals surface area contributed by atoms with Crippen molar-refractivity contribution in [2.75, 3.05) is 29.9 Å². The van der Waals surface area contributed by atoms with Crippen molar-refractivity contribution in [1.29, 1.82) is 0 Å². The second-order valence-corrected chi connectivity index (χ2v) is 7.92. The summed E-state index contributed by atoms with van der Waals surface area (Å²) in [6, 6.07) is 13.9. The van der Waals surface area contributed by atoms with Crippen LogP contribution in [-0.4, -0.2) is 30.8 Å². The lowest BCUT2D eigenvalue weighted by molar-refractivity contribution is 0.203. The molecule has 0 saturated carbocycles. The van der Waals surface area contributed by atoms with E-state index in [0.717, 1.165) is 47.2 Å². The summed E-state index contributed by atoms with van der Waals surface area (Å²) in [4.78, 5) is 14.5. The highest BCUT2D eigenvalue weighted by atomic mass is 79.9. The highest BCUT2D eigenvalue weighted by Gasteiger charge is 2.18. The molecule has 27 heavy (non-hydrogen) atoms. The SMILES string of the molecule is Cc1ccc(NC(=O)NCc2ccc(N3CCC(CO)CC3)cc2)c(Br)c1. The minimum absolute atomic E-state index is 0.227. The summed E-state index contributed by atoms with van der Waals surface area (Å²) in [5.74, 6) is 0.441. The van der Waals surface area contributed by atoms with Gasteiger partial charge in [-0.1, -0.05) is 18.2 Å². The molecule has 6 heteroatoms. The molecule has 2 aromatic carbocycles. The summed E-state index contributed by atoms with van der Waals surface area (Å²) in [6.45, 7) is 4.74. The molecule has 0 bridgehead atoms. The van der Waals surface area contributed by atoms with Gasteiger partial charge in [0.15, 0.2) is 0 Å². The van der Waals surface area contributed by atoms with Crippen LogP contribution >= 0.6 is 15.9 Å². The summed E-state index contributed by atoms with van der Waals surface area (Å²) >= 11 is 3.46. The maximum absolute atomic E-state index is 12.1. The number of urea groups is 1. The normalized spacial score (nSPS) is 14.9. The Morgan fingerprint density at radius 1 is 1.19 bits per heavy atom. The molecule has 1 fully saturated rings. The number of aryl methyl sites for hydroxylation is 1. The van der Waals surface area contributed by atoms with Gasteiger partial charge in [0.05, 0.1) is 5.69 Å². The van der Waals surface area contributed by atoms with Crippen molar-refractivity contribution >= 4 is 33.3 Å². The Hall–Kier alpha value is -2.05. The molecule has 1 saturated heterocycles. The Morgan fingerprint density at radius 2 is 1.89 bits per heavy atom. The van der Waals surface area contributed by atoms with Crippen molar-refractivity contribution in [2.45, 2.75) is 26.3 Å². The monoisotopic (exact) mass is 431 g/mol. The summed E-state index contributed by atoms with van der Waals surface area (Å²) in [5, 5.41) is 15.0. The fraction of sp³-hybridized carbons (Fsp3) is 0.381. The fourth-order valence-corrected chi connectivity index (χ4v) is 3.86. The number of anilines is 2. The van der Waals surface area contributed by atoms with Gasteiger partial charge in [0.2, 0.25) is 0 Å². The second kappa shape index (κ2) is 9.24. The van der Waals surface area contributed by atoms with E-state index in [9.17, 15) is 9.90 Å². The van der Waals surface area contributed by atoms with Crippen LogP contribution in [0.4, 0.5) is 16.2 Å². The predicted molar refractivity (Wildman–Crippen MR) is 113 cm³/mol. The first-order valence-electron chi connectivity index (χ1n) is 9.31. The minimum Gasteiger partial charge on any atom is -0.396 e. The summed E-state index contributed by atoms with van der Waals surface area (Å²) in [6.07, 6.45) is 2.07. The molecule has 144 valence electrons. The van der Waals surface area contributed by atoms with Crippen LogP contribution in [0.25, 0.3) is 0 Å². The molecule has 3 rings (SSSR count). The van der Waals surface area contributed by atoms with Gasteiger partial charge in [-0.3, -0.25) is 0 Å². The number of piperidine rings is 1. The molecule has 0 aromatic heterocycles. The molecule has 0 atom stereocenters. The van der Waals surface area contributed by atoms with Gasteiger partial charge in [-0.2, -0.15) is 0 Å². The van der Waals surface area contributed by atoms with Crippen LogP contribution in [0.1, 0.15) is 24.0 Å². The molecule has 0 spiro atoms. The second-order valence-electron chi connectivity index (χ2n) is 7.07. The molecule has 0 radical (unpaired) electrons. The lowest BCUT2D eigenvalue weighted by Crippen LogP contribution is -2.34. The number of benzene rings is 2. The van der Waals surface area contributed by atoms with E-state index in [4.69, 9.17) is 0 Å². The van der Waals surface area contributed by atoms with Crippen LogP contribution in [0.5, 0.6) is 0 Å². The molecule has 1 aliphatic rings. The molecule has 0 aliphatic carbocycles. The lowest BCUT2D eigenvalue weighted by atomic mass is 9.97. The van der Waals surface area contributed by atoms with E-state index in [0.29, 0.717) is 19.1 Å². The van der Waals surface area contributed by atoms with Crippen LogP contribution in [0.3, 0.4) is 0 Å². The van der Waals surface area contributed by atoms with Gasteiger partial charge in [-0.15, -0.1) is 0 Å². The van der Waals surface area contributed by atoms with Crippen molar-refractivity contribution in [2.24, 2.45) is 5.92 Å². The smallest absolute Gasteiger partial charge is 0.319 e. The van der Waals surface area contributed by atoms with E-state index in [1.54, 1.807) is 0 Å². The molecule has 0 unspecified atom stereocenters. The molecule has 1 heterocycles. The Labute approximate surface area is 168 Å². The number of rotatable bonds is 5. The van der Waals surface area contributed by atoms with Crippen molar-refractivity contribution in [1.82, 2.24) is 5.32 Å². The fourth-order valence-electron chi connectivity index (χ4n) is 3.27. The van der Waals surface area contributed by atoms with Gasteiger partial charge in [0.1, 0.15) is 0 Å². The molecular weight excluding hydrogens is 406 g/mol. The minimum atomic E-state index is -0.227. The van der Waals surface area contributed by atoms with Crippen molar-refractivity contribution in [3.05, 3.63) is 58.1 Å². The zero-order valence-corrected chi connectivity index (χ0v) is 17.1. The Balaban J connectivity index is 1.49. The highest BCUT2D eigenvalue weighted by molar-refractivity contribution is 9.10. The van der Waals surface area contributed by atoms with Crippen LogP contribution in [-0.2, 0) is 6.54 Å². The number of aliphatic hydroxyl groups is 1. The largest absolute Gasteiger partial charge is 0.396 e. The van der Waals surface area contributed by atoms with Gasteiger partial charge in [0.25, 0.3) is 0 Å². The first-order chi connectivity index (χ1) is 13.0. The first-order valence-corrected chi connectivity index (χ1v) is 10.1. The van der Waals surface area contributed by atoms with E-state index in [1.165, 1.54) is 5.69 Å². The molecular formula is C21H26BrN3O2. The average molecular weight is 432 g/mol. The third-order valence-corrected chi connectivity index (χ3v) is 5.66. The Kier molecular flexibility index (Phi) is 6.74. The Bertz CT molecular complexity index is 771. The topological polar surface area (TPSA) is 64.6 Å². The molecule has 2 amide bonds. The maximum Gasteiger partial charge on any atom is 0.319 e. The van der Waals surface area contributed by atoms with Crippen molar-refractivity contribution in [3.8, 4) is 0 Å². The number of carbonyl (C=O) groups is 1. The van der Waals surface area contributed by atoms with Crippen molar-refractivity contribution < 1.29 is 9.90 Å². The lowest BCUT2D eigenvalue weighted by Gasteiger charge is -2.33. The van der Waals surface area contributed by atoms with E-state index in [1.807, 2.05) is 25.1 Å². The number of nitrogens with zero attached hydrogens (tertiary/aromatic N) is 1. The average Bonchev–Trinajstić information content (AvgIpc) is 2.69. The number of halogens is 1. The van der Waals surface area contributed by atoms with Crippen LogP contribution in [0, 0.1) is 12.8 Å². The zero-order chi connectivity index (χ0) is 19.2. The molecule has 1 aliphatic heterocycles. The van der Waals surface area contributed by atoms with Gasteiger partial charge in [-0.05, 0) is 77.0 Å². The number of amides is 2. The number of aliphatic hydroxyl groups excluding tert-OH is 1. The number of hydrogen-bond acceptors (Lipinski definition) is 3. The van der Waals surface area contributed by atoms with Crippen LogP contribution < -0.4 is 15.5 Å². The van der Waals surface area contributed by atoms with E-state index < -0.39 is 0 Å². The van der Waals surface area contributed by atoms with Crippen molar-refractivity contribution in [3.63, 3.8) is 0 Å². The van der Waals surface area contributed by atoms with E-state index in [2.05, 4.69) is 55.7 Å². The van der Waals surface area contributed by atoms with E-state index in [-0.39, 0.29) is 6.03 Å². The molecule has 2 aromatic rings. The maximum atomic E-state index is 12.1. The molecule has 5 nitrogen and oxygen atoms in total. The zero-order valence-electron chi connectivity index (χ0n) is 15.5. The third kappa shape index (κ3) is 5.47.